The van der Waals surface area contributed by atoms with E-state index in [1.54, 1.807) is 7.11 Å². The molecule has 0 aromatic rings. The van der Waals surface area contributed by atoms with Gasteiger partial charge in [0.1, 0.15) is 0 Å². The lowest BCUT2D eigenvalue weighted by atomic mass is 10.3. The van der Waals surface area contributed by atoms with E-state index >= 15 is 0 Å². The molecule has 12 heavy (non-hydrogen) atoms. The lowest BCUT2D eigenvalue weighted by Gasteiger charge is -2.19. The monoisotopic (exact) mass is 176 g/mol. The Kier molecular flexibility index (Phi) is 7.39. The molecule has 74 valence electrons. The molecule has 4 heteroatoms. The van der Waals surface area contributed by atoms with Gasteiger partial charge in [0.2, 0.25) is 0 Å². The van der Waals surface area contributed by atoms with Crippen molar-refractivity contribution in [1.82, 2.24) is 4.90 Å². The summed E-state index contributed by atoms with van der Waals surface area (Å²) >= 11 is 0. The summed E-state index contributed by atoms with van der Waals surface area (Å²) in [7, 11) is 3.55. The van der Waals surface area contributed by atoms with Gasteiger partial charge in [0.15, 0.2) is 0 Å². The first-order valence-electron chi connectivity index (χ1n) is 4.26. The molecule has 0 aliphatic carbocycles. The van der Waals surface area contributed by atoms with Crippen molar-refractivity contribution in [3.05, 3.63) is 0 Å². The van der Waals surface area contributed by atoms with Gasteiger partial charge in [-0.05, 0) is 26.6 Å². The van der Waals surface area contributed by atoms with Crippen LogP contribution in [0.5, 0.6) is 0 Å². The second-order valence-corrected chi connectivity index (χ2v) is 3.01. The van der Waals surface area contributed by atoms with Crippen molar-refractivity contribution in [2.45, 2.75) is 12.5 Å². The van der Waals surface area contributed by atoms with Crippen LogP contribution in [0.4, 0.5) is 0 Å². The molecule has 0 saturated heterocycles. The molecule has 0 spiro atoms. The Morgan fingerprint density at radius 2 is 2.25 bits per heavy atom. The number of likely N-dealkylation sites (N-methyl/N-ethyl adjacent to an activating group) is 1. The van der Waals surface area contributed by atoms with E-state index in [0.717, 1.165) is 13.0 Å². The zero-order valence-corrected chi connectivity index (χ0v) is 7.99. The average Bonchev–Trinajstić information content (AvgIpc) is 2.01. The van der Waals surface area contributed by atoms with Crippen LogP contribution in [-0.2, 0) is 4.74 Å². The summed E-state index contributed by atoms with van der Waals surface area (Å²) in [6.45, 7) is 2.67. The molecule has 0 rings (SSSR count). The van der Waals surface area contributed by atoms with Crippen LogP contribution in [0.15, 0.2) is 0 Å². The van der Waals surface area contributed by atoms with Crippen LogP contribution in [0.25, 0.3) is 0 Å². The molecular weight excluding hydrogens is 156 g/mol. The van der Waals surface area contributed by atoms with Crippen molar-refractivity contribution in [3.63, 3.8) is 0 Å². The van der Waals surface area contributed by atoms with E-state index in [1.807, 2.05) is 7.05 Å². The second kappa shape index (κ2) is 7.49. The Labute approximate surface area is 74.3 Å². The van der Waals surface area contributed by atoms with Gasteiger partial charge in [0, 0.05) is 13.7 Å². The van der Waals surface area contributed by atoms with Gasteiger partial charge >= 0.3 is 0 Å². The number of nitrogens with two attached hydrogens (primary N) is 1. The van der Waals surface area contributed by atoms with E-state index in [9.17, 15) is 5.11 Å². The Morgan fingerprint density at radius 1 is 1.58 bits per heavy atom. The maximum atomic E-state index is 9.32. The van der Waals surface area contributed by atoms with Crippen LogP contribution in [0.1, 0.15) is 6.42 Å². The average molecular weight is 176 g/mol. The Balaban J connectivity index is 3.33. The molecular formula is C8H20N2O2. The van der Waals surface area contributed by atoms with Crippen molar-refractivity contribution in [1.29, 1.82) is 0 Å². The third kappa shape index (κ3) is 6.54. The first-order chi connectivity index (χ1) is 5.70. The molecule has 0 saturated carbocycles. The lowest BCUT2D eigenvalue weighted by Crippen LogP contribution is -2.33. The first kappa shape index (κ1) is 11.8. The molecule has 1 unspecified atom stereocenters. The number of hydrogen-bond donors (Lipinski definition) is 2. The summed E-state index contributed by atoms with van der Waals surface area (Å²) in [6, 6.07) is 0. The molecule has 3 N–H and O–H groups in total. The first-order valence-corrected chi connectivity index (χ1v) is 4.26. The number of hydrogen-bond acceptors (Lipinski definition) is 4. The van der Waals surface area contributed by atoms with E-state index in [0.29, 0.717) is 19.7 Å². The van der Waals surface area contributed by atoms with Crippen molar-refractivity contribution in [3.8, 4) is 0 Å². The van der Waals surface area contributed by atoms with Gasteiger partial charge in [-0.1, -0.05) is 0 Å². The fourth-order valence-electron chi connectivity index (χ4n) is 1.06. The van der Waals surface area contributed by atoms with Gasteiger partial charge in [-0.15, -0.1) is 0 Å². The number of aliphatic hydroxyl groups is 1. The molecule has 0 aromatic carbocycles. The highest BCUT2D eigenvalue weighted by atomic mass is 16.5. The van der Waals surface area contributed by atoms with E-state index in [1.165, 1.54) is 0 Å². The largest absolute Gasteiger partial charge is 0.389 e. The van der Waals surface area contributed by atoms with Crippen LogP contribution in [0, 0.1) is 0 Å². The predicted octanol–water partition coefficient (Wildman–Crippen LogP) is -0.726. The maximum Gasteiger partial charge on any atom is 0.0899 e. The molecule has 0 aliphatic rings. The topological polar surface area (TPSA) is 58.7 Å². The van der Waals surface area contributed by atoms with Gasteiger partial charge in [-0.2, -0.15) is 0 Å². The fourth-order valence-corrected chi connectivity index (χ4v) is 1.06. The molecule has 0 aliphatic heterocycles. The smallest absolute Gasteiger partial charge is 0.0899 e. The van der Waals surface area contributed by atoms with Gasteiger partial charge < -0.3 is 20.5 Å². The highest BCUT2D eigenvalue weighted by Gasteiger charge is 2.06. The van der Waals surface area contributed by atoms with Crippen LogP contribution in [0.3, 0.4) is 0 Å². The van der Waals surface area contributed by atoms with Gasteiger partial charge in [0.25, 0.3) is 0 Å². The van der Waals surface area contributed by atoms with Gasteiger partial charge in [-0.3, -0.25) is 0 Å². The molecule has 4 nitrogen and oxygen atoms in total. The highest BCUT2D eigenvalue weighted by Crippen LogP contribution is 1.91. The van der Waals surface area contributed by atoms with Crippen molar-refractivity contribution in [2.24, 2.45) is 5.73 Å². The summed E-state index contributed by atoms with van der Waals surface area (Å²) in [4.78, 5) is 2.05. The third-order valence-corrected chi connectivity index (χ3v) is 1.63. The number of aliphatic hydroxyl groups excluding tert-OH is 1. The van der Waals surface area contributed by atoms with Crippen molar-refractivity contribution < 1.29 is 9.84 Å². The second-order valence-electron chi connectivity index (χ2n) is 3.01. The number of ether oxygens (including phenoxy) is 1. The molecule has 0 amide bonds. The normalized spacial score (nSPS) is 13.8. The predicted molar refractivity (Wildman–Crippen MR) is 49.1 cm³/mol. The third-order valence-electron chi connectivity index (χ3n) is 1.63. The number of rotatable bonds is 7. The van der Waals surface area contributed by atoms with Gasteiger partial charge in [0.05, 0.1) is 12.7 Å². The minimum atomic E-state index is -0.391. The zero-order valence-electron chi connectivity index (χ0n) is 7.99. The van der Waals surface area contributed by atoms with Crippen LogP contribution in [0.2, 0.25) is 0 Å². The van der Waals surface area contributed by atoms with E-state index in [2.05, 4.69) is 4.90 Å². The molecule has 0 fully saturated rings. The summed E-state index contributed by atoms with van der Waals surface area (Å²) in [5, 5.41) is 9.32. The van der Waals surface area contributed by atoms with Gasteiger partial charge in [-0.25, -0.2) is 0 Å². The van der Waals surface area contributed by atoms with Crippen molar-refractivity contribution >= 4 is 0 Å². The van der Waals surface area contributed by atoms with Crippen LogP contribution < -0.4 is 5.73 Å². The molecule has 0 radical (unpaired) electrons. The SMILES string of the molecule is COCC(O)CN(C)CCCN. The minimum Gasteiger partial charge on any atom is -0.389 e. The quantitative estimate of drug-likeness (QED) is 0.537. The van der Waals surface area contributed by atoms with E-state index < -0.39 is 6.10 Å². The Morgan fingerprint density at radius 3 is 2.75 bits per heavy atom. The fraction of sp³-hybridized carbons (Fsp3) is 1.00. The Hall–Kier alpha value is -0.160. The van der Waals surface area contributed by atoms with E-state index in [-0.39, 0.29) is 0 Å². The molecule has 0 bridgehead atoms. The molecule has 0 heterocycles. The van der Waals surface area contributed by atoms with Crippen LogP contribution in [-0.4, -0.2) is 56.5 Å². The highest BCUT2D eigenvalue weighted by molar-refractivity contribution is 4.60. The Bertz CT molecular complexity index is 101. The number of nitrogens with zero attached hydrogens (tertiary/aromatic N) is 1. The van der Waals surface area contributed by atoms with Crippen LogP contribution >= 0.6 is 0 Å². The molecule has 1 atom stereocenters. The standard InChI is InChI=1S/C8H20N2O2/c1-10(5-3-4-9)6-8(11)7-12-2/h8,11H,3-7,9H2,1-2H3. The minimum absolute atomic E-state index is 0.391. The van der Waals surface area contributed by atoms with Crippen molar-refractivity contribution in [2.75, 3.05) is 40.4 Å². The summed E-state index contributed by atoms with van der Waals surface area (Å²) in [5.41, 5.74) is 5.35. The summed E-state index contributed by atoms with van der Waals surface area (Å²) in [6.07, 6.45) is 0.578. The summed E-state index contributed by atoms with van der Waals surface area (Å²) < 4.78 is 4.81. The lowest BCUT2D eigenvalue weighted by molar-refractivity contribution is 0.0432. The summed E-state index contributed by atoms with van der Waals surface area (Å²) in [5.74, 6) is 0. The maximum absolute atomic E-state index is 9.32. The van der Waals surface area contributed by atoms with E-state index in [4.69, 9.17) is 10.5 Å². The zero-order chi connectivity index (χ0) is 9.40. The molecule has 0 aromatic heterocycles. The number of methoxy groups -OCH3 is 1.